The van der Waals surface area contributed by atoms with Gasteiger partial charge in [-0.15, -0.1) is 0 Å². The number of hydrogen-bond acceptors (Lipinski definition) is 6. The lowest BCUT2D eigenvalue weighted by molar-refractivity contribution is 0.110. The lowest BCUT2D eigenvalue weighted by Crippen LogP contribution is -2.29. The highest BCUT2D eigenvalue weighted by molar-refractivity contribution is 6.29. The SMILES string of the molecule is CNC(=O)O[C@@H]1CCN(c2cc(Cl)nc(N)n2)C1. The normalized spacial score (nSPS) is 18.8. The van der Waals surface area contributed by atoms with Gasteiger partial charge in [-0.3, -0.25) is 0 Å². The molecule has 1 fully saturated rings. The van der Waals surface area contributed by atoms with Gasteiger partial charge in [-0.2, -0.15) is 4.98 Å². The first kappa shape index (κ1) is 12.7. The van der Waals surface area contributed by atoms with Crippen molar-refractivity contribution in [2.45, 2.75) is 12.5 Å². The van der Waals surface area contributed by atoms with E-state index in [4.69, 9.17) is 22.1 Å². The van der Waals surface area contributed by atoms with E-state index in [2.05, 4.69) is 15.3 Å². The Morgan fingerprint density at radius 2 is 2.44 bits per heavy atom. The molecular formula is C10H14ClN5O2. The number of nitrogens with two attached hydrogens (primary N) is 1. The van der Waals surface area contributed by atoms with Crippen molar-refractivity contribution in [3.8, 4) is 0 Å². The molecule has 2 heterocycles. The highest BCUT2D eigenvalue weighted by Gasteiger charge is 2.26. The van der Waals surface area contributed by atoms with Crippen molar-refractivity contribution >= 4 is 29.5 Å². The maximum atomic E-state index is 11.1. The molecule has 0 saturated carbocycles. The Balaban J connectivity index is 2.01. The number of carbonyl (C=O) groups is 1. The van der Waals surface area contributed by atoms with Gasteiger partial charge in [-0.25, -0.2) is 9.78 Å². The fraction of sp³-hybridized carbons (Fsp3) is 0.500. The molecule has 0 radical (unpaired) electrons. The topological polar surface area (TPSA) is 93.4 Å². The van der Waals surface area contributed by atoms with Gasteiger partial charge in [0.2, 0.25) is 5.95 Å². The number of rotatable bonds is 2. The van der Waals surface area contributed by atoms with Crippen LogP contribution in [-0.4, -0.2) is 42.3 Å². The molecule has 1 aliphatic rings. The van der Waals surface area contributed by atoms with E-state index in [-0.39, 0.29) is 12.1 Å². The van der Waals surface area contributed by atoms with E-state index in [1.807, 2.05) is 4.90 Å². The van der Waals surface area contributed by atoms with Crippen LogP contribution in [0.15, 0.2) is 6.07 Å². The number of halogens is 1. The zero-order valence-corrected chi connectivity index (χ0v) is 10.6. The van der Waals surface area contributed by atoms with Gasteiger partial charge < -0.3 is 20.7 Å². The van der Waals surface area contributed by atoms with Crippen molar-refractivity contribution in [3.05, 3.63) is 11.2 Å². The van der Waals surface area contributed by atoms with Crippen LogP contribution in [0.25, 0.3) is 0 Å². The molecule has 1 aromatic heterocycles. The standard InChI is InChI=1S/C10H14ClN5O2/c1-13-10(17)18-6-2-3-16(5-6)8-4-7(11)14-9(12)15-8/h4,6H,2-3,5H2,1H3,(H,13,17)(H2,12,14,15)/t6-/m1/s1. The van der Waals surface area contributed by atoms with E-state index in [1.54, 1.807) is 6.07 Å². The molecule has 3 N–H and O–H groups in total. The second-order valence-electron chi connectivity index (χ2n) is 3.92. The third-order valence-electron chi connectivity index (χ3n) is 2.65. The minimum atomic E-state index is -0.429. The maximum Gasteiger partial charge on any atom is 0.407 e. The van der Waals surface area contributed by atoms with Gasteiger partial charge >= 0.3 is 6.09 Å². The molecule has 1 atom stereocenters. The number of nitrogens with one attached hydrogen (secondary N) is 1. The molecule has 0 aliphatic carbocycles. The molecule has 8 heteroatoms. The Morgan fingerprint density at radius 3 is 3.11 bits per heavy atom. The number of nitrogen functional groups attached to an aromatic ring is 1. The monoisotopic (exact) mass is 271 g/mol. The van der Waals surface area contributed by atoms with E-state index in [0.29, 0.717) is 17.5 Å². The minimum Gasteiger partial charge on any atom is -0.444 e. The number of amides is 1. The third kappa shape index (κ3) is 2.92. The lowest BCUT2D eigenvalue weighted by atomic mass is 10.3. The molecule has 0 spiro atoms. The Morgan fingerprint density at radius 1 is 1.67 bits per heavy atom. The largest absolute Gasteiger partial charge is 0.444 e. The number of aromatic nitrogens is 2. The van der Waals surface area contributed by atoms with Crippen molar-refractivity contribution in [1.82, 2.24) is 15.3 Å². The molecule has 7 nitrogen and oxygen atoms in total. The first-order valence-electron chi connectivity index (χ1n) is 5.52. The van der Waals surface area contributed by atoms with Crippen LogP contribution in [0.5, 0.6) is 0 Å². The van der Waals surface area contributed by atoms with E-state index < -0.39 is 6.09 Å². The van der Waals surface area contributed by atoms with Crippen LogP contribution in [-0.2, 0) is 4.74 Å². The second kappa shape index (κ2) is 5.26. The van der Waals surface area contributed by atoms with Crippen LogP contribution in [0.1, 0.15) is 6.42 Å². The molecule has 18 heavy (non-hydrogen) atoms. The Kier molecular flexibility index (Phi) is 3.71. The summed E-state index contributed by atoms with van der Waals surface area (Å²) in [7, 11) is 1.53. The van der Waals surface area contributed by atoms with Gasteiger partial charge in [0.15, 0.2) is 0 Å². The molecular weight excluding hydrogens is 258 g/mol. The molecule has 1 aliphatic heterocycles. The van der Waals surface area contributed by atoms with Crippen molar-refractivity contribution in [2.24, 2.45) is 0 Å². The van der Waals surface area contributed by atoms with Gasteiger partial charge in [0.25, 0.3) is 0 Å². The van der Waals surface area contributed by atoms with E-state index >= 15 is 0 Å². The number of nitrogens with zero attached hydrogens (tertiary/aromatic N) is 3. The molecule has 0 unspecified atom stereocenters. The fourth-order valence-electron chi connectivity index (χ4n) is 1.83. The van der Waals surface area contributed by atoms with Crippen molar-refractivity contribution < 1.29 is 9.53 Å². The molecule has 0 bridgehead atoms. The number of carbonyl (C=O) groups excluding carboxylic acids is 1. The van der Waals surface area contributed by atoms with Crippen LogP contribution in [0.2, 0.25) is 5.15 Å². The van der Waals surface area contributed by atoms with E-state index in [0.717, 1.165) is 13.0 Å². The van der Waals surface area contributed by atoms with E-state index in [9.17, 15) is 4.79 Å². The molecule has 98 valence electrons. The first-order chi connectivity index (χ1) is 8.58. The summed E-state index contributed by atoms with van der Waals surface area (Å²) in [5.41, 5.74) is 5.54. The van der Waals surface area contributed by atoms with Crippen LogP contribution in [0, 0.1) is 0 Å². The summed E-state index contributed by atoms with van der Waals surface area (Å²) < 4.78 is 5.17. The van der Waals surface area contributed by atoms with Gasteiger partial charge in [-0.1, -0.05) is 11.6 Å². The molecule has 1 aromatic rings. The zero-order chi connectivity index (χ0) is 13.1. The number of ether oxygens (including phenoxy) is 1. The Hall–Kier alpha value is -1.76. The van der Waals surface area contributed by atoms with Crippen LogP contribution >= 0.6 is 11.6 Å². The molecule has 0 aromatic carbocycles. The van der Waals surface area contributed by atoms with E-state index in [1.165, 1.54) is 7.05 Å². The molecule has 1 amide bonds. The Bertz CT molecular complexity index is 436. The maximum absolute atomic E-state index is 11.1. The van der Waals surface area contributed by atoms with Gasteiger partial charge in [0, 0.05) is 26.1 Å². The summed E-state index contributed by atoms with van der Waals surface area (Å²) in [5.74, 6) is 0.781. The predicted molar refractivity (Wildman–Crippen MR) is 67.6 cm³/mol. The lowest BCUT2D eigenvalue weighted by Gasteiger charge is -2.17. The Labute approximate surface area is 109 Å². The summed E-state index contributed by atoms with van der Waals surface area (Å²) in [6.07, 6.45) is 0.164. The smallest absolute Gasteiger partial charge is 0.407 e. The first-order valence-corrected chi connectivity index (χ1v) is 5.89. The predicted octanol–water partition coefficient (Wildman–Crippen LogP) is 0.647. The van der Waals surface area contributed by atoms with Crippen molar-refractivity contribution in [3.63, 3.8) is 0 Å². The number of anilines is 2. The average Bonchev–Trinajstić information content (AvgIpc) is 2.76. The number of alkyl carbamates (subject to hydrolysis) is 1. The van der Waals surface area contributed by atoms with Crippen molar-refractivity contribution in [2.75, 3.05) is 30.8 Å². The zero-order valence-electron chi connectivity index (χ0n) is 9.89. The fourth-order valence-corrected chi connectivity index (χ4v) is 2.01. The second-order valence-corrected chi connectivity index (χ2v) is 4.31. The van der Waals surface area contributed by atoms with Crippen LogP contribution in [0.4, 0.5) is 16.6 Å². The van der Waals surface area contributed by atoms with Gasteiger partial charge in [0.1, 0.15) is 17.1 Å². The third-order valence-corrected chi connectivity index (χ3v) is 2.84. The quantitative estimate of drug-likeness (QED) is 0.767. The highest BCUT2D eigenvalue weighted by atomic mass is 35.5. The van der Waals surface area contributed by atoms with Crippen LogP contribution < -0.4 is 16.0 Å². The van der Waals surface area contributed by atoms with Crippen LogP contribution in [0.3, 0.4) is 0 Å². The van der Waals surface area contributed by atoms with Crippen molar-refractivity contribution in [1.29, 1.82) is 0 Å². The minimum absolute atomic E-state index is 0.133. The summed E-state index contributed by atoms with van der Waals surface area (Å²) in [4.78, 5) is 21.0. The summed E-state index contributed by atoms with van der Waals surface area (Å²) >= 11 is 5.82. The van der Waals surface area contributed by atoms with Gasteiger partial charge in [-0.05, 0) is 0 Å². The summed E-state index contributed by atoms with van der Waals surface area (Å²) in [6, 6.07) is 1.64. The number of hydrogen-bond donors (Lipinski definition) is 2. The average molecular weight is 272 g/mol. The molecule has 2 rings (SSSR count). The van der Waals surface area contributed by atoms with Gasteiger partial charge in [0.05, 0.1) is 6.54 Å². The summed E-state index contributed by atoms with van der Waals surface area (Å²) in [6.45, 7) is 1.30. The highest BCUT2D eigenvalue weighted by Crippen LogP contribution is 2.22. The molecule has 1 saturated heterocycles. The summed E-state index contributed by atoms with van der Waals surface area (Å²) in [5, 5.41) is 2.72.